The Balaban J connectivity index is 2.59. The molecule has 0 amide bonds. The predicted octanol–water partition coefficient (Wildman–Crippen LogP) is 1.78. The van der Waals surface area contributed by atoms with Crippen molar-refractivity contribution in [3.63, 3.8) is 0 Å². The van der Waals surface area contributed by atoms with E-state index in [0.717, 1.165) is 17.1 Å². The molecule has 4 heteroatoms. The van der Waals surface area contributed by atoms with Crippen molar-refractivity contribution in [3.05, 3.63) is 16.1 Å². The lowest BCUT2D eigenvalue weighted by Crippen LogP contribution is -2.10. The standard InChI is InChI=1S/C10H18N2OS/c1-7(5-11)9-6-14-10(12-9)4-8(2)13-3/h6-8H,4-5,11H2,1-3H3. The van der Waals surface area contributed by atoms with Gasteiger partial charge in [0.2, 0.25) is 0 Å². The van der Waals surface area contributed by atoms with E-state index in [1.165, 1.54) is 0 Å². The van der Waals surface area contributed by atoms with E-state index in [1.54, 1.807) is 18.4 Å². The van der Waals surface area contributed by atoms with Crippen LogP contribution >= 0.6 is 11.3 Å². The Morgan fingerprint density at radius 3 is 2.86 bits per heavy atom. The molecule has 1 aromatic heterocycles. The van der Waals surface area contributed by atoms with E-state index in [2.05, 4.69) is 17.3 Å². The zero-order valence-electron chi connectivity index (χ0n) is 8.99. The number of rotatable bonds is 5. The van der Waals surface area contributed by atoms with Gasteiger partial charge in [0, 0.05) is 31.4 Å². The van der Waals surface area contributed by atoms with Gasteiger partial charge in [-0.25, -0.2) is 4.98 Å². The first-order valence-electron chi connectivity index (χ1n) is 4.84. The average molecular weight is 214 g/mol. The van der Waals surface area contributed by atoms with E-state index in [0.29, 0.717) is 12.5 Å². The second-order valence-electron chi connectivity index (χ2n) is 3.55. The van der Waals surface area contributed by atoms with Crippen LogP contribution in [0.1, 0.15) is 30.5 Å². The van der Waals surface area contributed by atoms with Crippen molar-refractivity contribution in [3.8, 4) is 0 Å². The lowest BCUT2D eigenvalue weighted by Gasteiger charge is -2.06. The van der Waals surface area contributed by atoms with Crippen LogP contribution in [0.4, 0.5) is 0 Å². The number of aromatic nitrogens is 1. The molecule has 14 heavy (non-hydrogen) atoms. The van der Waals surface area contributed by atoms with Gasteiger partial charge in [-0.05, 0) is 6.92 Å². The molecule has 1 aromatic rings. The molecule has 1 heterocycles. The monoisotopic (exact) mass is 214 g/mol. The molecule has 0 fully saturated rings. The molecule has 0 aliphatic heterocycles. The number of nitrogens with zero attached hydrogens (tertiary/aromatic N) is 1. The quantitative estimate of drug-likeness (QED) is 0.813. The second-order valence-corrected chi connectivity index (χ2v) is 4.50. The number of methoxy groups -OCH3 is 1. The fourth-order valence-electron chi connectivity index (χ4n) is 1.10. The first-order valence-corrected chi connectivity index (χ1v) is 5.72. The van der Waals surface area contributed by atoms with Gasteiger partial charge in [0.1, 0.15) is 0 Å². The van der Waals surface area contributed by atoms with E-state index in [4.69, 9.17) is 10.5 Å². The number of ether oxygens (including phenoxy) is 1. The van der Waals surface area contributed by atoms with Crippen LogP contribution in [0.25, 0.3) is 0 Å². The normalized spacial score (nSPS) is 15.4. The SMILES string of the molecule is COC(C)Cc1nc(C(C)CN)cs1. The Morgan fingerprint density at radius 2 is 2.29 bits per heavy atom. The van der Waals surface area contributed by atoms with Crippen molar-refractivity contribution < 1.29 is 4.74 Å². The van der Waals surface area contributed by atoms with E-state index in [9.17, 15) is 0 Å². The zero-order valence-corrected chi connectivity index (χ0v) is 9.80. The van der Waals surface area contributed by atoms with Gasteiger partial charge in [-0.1, -0.05) is 6.92 Å². The maximum absolute atomic E-state index is 5.58. The summed E-state index contributed by atoms with van der Waals surface area (Å²) >= 11 is 1.69. The number of hydrogen-bond donors (Lipinski definition) is 1. The van der Waals surface area contributed by atoms with Gasteiger partial charge in [0.25, 0.3) is 0 Å². The second kappa shape index (κ2) is 5.44. The summed E-state index contributed by atoms with van der Waals surface area (Å²) in [6.45, 7) is 4.80. The summed E-state index contributed by atoms with van der Waals surface area (Å²) in [4.78, 5) is 4.53. The van der Waals surface area contributed by atoms with Crippen molar-refractivity contribution in [2.45, 2.75) is 32.3 Å². The summed E-state index contributed by atoms with van der Waals surface area (Å²) in [5, 5.41) is 3.23. The maximum atomic E-state index is 5.58. The highest BCUT2D eigenvalue weighted by molar-refractivity contribution is 7.09. The molecule has 0 saturated heterocycles. The third-order valence-electron chi connectivity index (χ3n) is 2.29. The molecule has 0 bridgehead atoms. The molecule has 0 aliphatic carbocycles. The van der Waals surface area contributed by atoms with Crippen LogP contribution < -0.4 is 5.73 Å². The Labute approximate surface area is 89.3 Å². The molecule has 0 saturated carbocycles. The van der Waals surface area contributed by atoms with E-state index in [1.807, 2.05) is 6.92 Å². The number of hydrogen-bond acceptors (Lipinski definition) is 4. The Kier molecular flexibility index (Phi) is 4.51. The van der Waals surface area contributed by atoms with E-state index >= 15 is 0 Å². The molecule has 1 rings (SSSR count). The molecular formula is C10H18N2OS. The van der Waals surface area contributed by atoms with Gasteiger partial charge < -0.3 is 10.5 Å². The smallest absolute Gasteiger partial charge is 0.0954 e. The van der Waals surface area contributed by atoms with Crippen molar-refractivity contribution in [2.24, 2.45) is 5.73 Å². The molecule has 80 valence electrons. The highest BCUT2D eigenvalue weighted by atomic mass is 32.1. The third kappa shape index (κ3) is 3.04. The summed E-state index contributed by atoms with van der Waals surface area (Å²) < 4.78 is 5.19. The van der Waals surface area contributed by atoms with Crippen LogP contribution in [0, 0.1) is 0 Å². The van der Waals surface area contributed by atoms with Gasteiger partial charge in [-0.3, -0.25) is 0 Å². The van der Waals surface area contributed by atoms with E-state index in [-0.39, 0.29) is 6.10 Å². The summed E-state index contributed by atoms with van der Waals surface area (Å²) in [5.74, 6) is 0.359. The Bertz CT molecular complexity index is 275. The topological polar surface area (TPSA) is 48.1 Å². The van der Waals surface area contributed by atoms with Gasteiger partial charge >= 0.3 is 0 Å². The fourth-order valence-corrected chi connectivity index (χ4v) is 2.13. The van der Waals surface area contributed by atoms with E-state index < -0.39 is 0 Å². The third-order valence-corrected chi connectivity index (χ3v) is 3.18. The molecular weight excluding hydrogens is 196 g/mol. The molecule has 2 N–H and O–H groups in total. The van der Waals surface area contributed by atoms with Gasteiger partial charge in [-0.2, -0.15) is 0 Å². The van der Waals surface area contributed by atoms with Crippen molar-refractivity contribution in [2.75, 3.05) is 13.7 Å². The van der Waals surface area contributed by atoms with Crippen LogP contribution in [-0.4, -0.2) is 24.7 Å². The minimum Gasteiger partial charge on any atom is -0.381 e. The van der Waals surface area contributed by atoms with Gasteiger partial charge in [0.05, 0.1) is 16.8 Å². The zero-order chi connectivity index (χ0) is 10.6. The van der Waals surface area contributed by atoms with Crippen LogP contribution in [0.15, 0.2) is 5.38 Å². The minimum absolute atomic E-state index is 0.238. The van der Waals surface area contributed by atoms with Crippen LogP contribution in [0.2, 0.25) is 0 Å². The molecule has 0 radical (unpaired) electrons. The average Bonchev–Trinajstić information content (AvgIpc) is 2.65. The molecule has 2 atom stereocenters. The maximum Gasteiger partial charge on any atom is 0.0954 e. The van der Waals surface area contributed by atoms with Crippen LogP contribution in [0.3, 0.4) is 0 Å². The lowest BCUT2D eigenvalue weighted by atomic mass is 10.1. The number of nitrogens with two attached hydrogens (primary N) is 1. The van der Waals surface area contributed by atoms with Crippen LogP contribution in [-0.2, 0) is 11.2 Å². The van der Waals surface area contributed by atoms with Crippen molar-refractivity contribution >= 4 is 11.3 Å². The summed E-state index contributed by atoms with van der Waals surface area (Å²) in [7, 11) is 1.72. The molecule has 0 spiro atoms. The predicted molar refractivity (Wildman–Crippen MR) is 59.8 cm³/mol. The Morgan fingerprint density at radius 1 is 1.57 bits per heavy atom. The molecule has 0 aromatic carbocycles. The first kappa shape index (κ1) is 11.6. The highest BCUT2D eigenvalue weighted by Gasteiger charge is 2.10. The van der Waals surface area contributed by atoms with Crippen molar-refractivity contribution in [1.82, 2.24) is 4.98 Å². The summed E-state index contributed by atoms with van der Waals surface area (Å²) in [6.07, 6.45) is 1.13. The summed E-state index contributed by atoms with van der Waals surface area (Å²) in [5.41, 5.74) is 6.69. The largest absolute Gasteiger partial charge is 0.381 e. The molecule has 3 nitrogen and oxygen atoms in total. The highest BCUT2D eigenvalue weighted by Crippen LogP contribution is 2.18. The molecule has 2 unspecified atom stereocenters. The van der Waals surface area contributed by atoms with Crippen molar-refractivity contribution in [1.29, 1.82) is 0 Å². The van der Waals surface area contributed by atoms with Crippen LogP contribution in [0.5, 0.6) is 0 Å². The van der Waals surface area contributed by atoms with Gasteiger partial charge in [-0.15, -0.1) is 11.3 Å². The Hall–Kier alpha value is -0.450. The number of thiazole rings is 1. The minimum atomic E-state index is 0.238. The first-order chi connectivity index (χ1) is 6.67. The fraction of sp³-hybridized carbons (Fsp3) is 0.700. The summed E-state index contributed by atoms with van der Waals surface area (Å²) in [6, 6.07) is 0. The lowest BCUT2D eigenvalue weighted by molar-refractivity contribution is 0.118. The molecule has 0 aliphatic rings. The van der Waals surface area contributed by atoms with Gasteiger partial charge in [0.15, 0.2) is 0 Å².